The van der Waals surface area contributed by atoms with Crippen LogP contribution in [0.15, 0.2) is 41.4 Å². The Labute approximate surface area is 217 Å². The summed E-state index contributed by atoms with van der Waals surface area (Å²) in [7, 11) is 1.63. The molecule has 0 saturated carbocycles. The van der Waals surface area contributed by atoms with E-state index in [2.05, 4.69) is 32.8 Å². The summed E-state index contributed by atoms with van der Waals surface area (Å²) < 4.78 is 19.5. The molecule has 3 aromatic heterocycles. The number of nitrogen functional groups attached to an aromatic ring is 1. The molecule has 8 nitrogen and oxygen atoms in total. The molecule has 3 heterocycles. The van der Waals surface area contributed by atoms with E-state index in [1.165, 1.54) is 0 Å². The van der Waals surface area contributed by atoms with Gasteiger partial charge in [-0.05, 0) is 47.5 Å². The van der Waals surface area contributed by atoms with Crippen LogP contribution in [0.25, 0.3) is 16.6 Å². The molecule has 35 heavy (non-hydrogen) atoms. The predicted molar refractivity (Wildman–Crippen MR) is 141 cm³/mol. The summed E-state index contributed by atoms with van der Waals surface area (Å²) in [6.45, 7) is 7.41. The fourth-order valence-electron chi connectivity index (χ4n) is 4.04. The summed E-state index contributed by atoms with van der Waals surface area (Å²) in [4.78, 5) is 13.4. The van der Waals surface area contributed by atoms with Gasteiger partial charge in [0.15, 0.2) is 5.82 Å². The number of pyridine rings is 1. The zero-order chi connectivity index (χ0) is 25.1. The molecule has 4 rings (SSSR count). The highest BCUT2D eigenvalue weighted by Gasteiger charge is 2.26. The molecule has 0 fully saturated rings. The molecular formula is C25H27BrClN5O3. The highest BCUT2D eigenvalue weighted by atomic mass is 79.9. The molecule has 0 bridgehead atoms. The van der Waals surface area contributed by atoms with Gasteiger partial charge in [0.25, 0.3) is 0 Å². The van der Waals surface area contributed by atoms with Crippen molar-refractivity contribution in [2.24, 2.45) is 0 Å². The summed E-state index contributed by atoms with van der Waals surface area (Å²) >= 11 is 10.3. The van der Waals surface area contributed by atoms with Gasteiger partial charge >= 0.3 is 0 Å². The summed E-state index contributed by atoms with van der Waals surface area (Å²) in [6.07, 6.45) is 5.27. The van der Waals surface area contributed by atoms with Gasteiger partial charge in [-0.25, -0.2) is 15.0 Å². The van der Waals surface area contributed by atoms with Crippen LogP contribution in [0.1, 0.15) is 36.7 Å². The molecule has 2 N–H and O–H groups in total. The Balaban J connectivity index is 1.83. The molecule has 0 amide bonds. The number of aromatic nitrogens is 4. The van der Waals surface area contributed by atoms with Crippen LogP contribution in [0.2, 0.25) is 5.02 Å². The Kier molecular flexibility index (Phi) is 7.78. The van der Waals surface area contributed by atoms with Crippen LogP contribution in [0.3, 0.4) is 0 Å². The minimum Gasteiger partial charge on any atom is -0.493 e. The SMILES string of the molecule is CCOc1c(C(C)c2nc(Br)c3c(N)nccn23)cc(Cl)c(C)c1-c1ccc(OCCOC)nc1. The topological polar surface area (TPSA) is 96.8 Å². The number of hydrogen-bond acceptors (Lipinski definition) is 7. The lowest BCUT2D eigenvalue weighted by atomic mass is 9.91. The highest BCUT2D eigenvalue weighted by molar-refractivity contribution is 9.10. The van der Waals surface area contributed by atoms with Gasteiger partial charge in [-0.15, -0.1) is 0 Å². The van der Waals surface area contributed by atoms with Crippen molar-refractivity contribution in [2.75, 3.05) is 32.7 Å². The average Bonchev–Trinajstić information content (AvgIpc) is 3.19. The van der Waals surface area contributed by atoms with Crippen LogP contribution in [0.4, 0.5) is 5.82 Å². The van der Waals surface area contributed by atoms with Crippen LogP contribution in [-0.4, -0.2) is 46.3 Å². The van der Waals surface area contributed by atoms with Crippen molar-refractivity contribution >= 4 is 38.9 Å². The number of nitrogens with two attached hydrogens (primary N) is 1. The van der Waals surface area contributed by atoms with Crippen molar-refractivity contribution in [3.8, 4) is 22.8 Å². The van der Waals surface area contributed by atoms with Crippen LogP contribution < -0.4 is 15.2 Å². The molecule has 0 aliphatic rings. The Hall–Kier alpha value is -2.88. The molecule has 4 aromatic rings. The number of rotatable bonds is 9. The maximum atomic E-state index is 6.76. The number of imidazole rings is 1. The zero-order valence-electron chi connectivity index (χ0n) is 20.0. The fraction of sp³-hybridized carbons (Fsp3) is 0.320. The number of ether oxygens (including phenoxy) is 3. The van der Waals surface area contributed by atoms with Crippen molar-refractivity contribution in [1.29, 1.82) is 0 Å². The summed E-state index contributed by atoms with van der Waals surface area (Å²) in [5, 5.41) is 0.631. The van der Waals surface area contributed by atoms with E-state index in [-0.39, 0.29) is 5.92 Å². The quantitative estimate of drug-likeness (QED) is 0.263. The standard InChI is InChI=1S/C25H27BrClN5O3/c1-5-34-22-17(14(2)25-31-23(26)21-24(28)29-8-9-32(21)25)12-18(27)15(3)20(22)16-6-7-19(30-13-16)35-11-10-33-4/h6-9,12-14H,5,10-11H2,1-4H3,(H2,28,29). The van der Waals surface area contributed by atoms with E-state index >= 15 is 0 Å². The normalized spacial score (nSPS) is 12.2. The van der Waals surface area contributed by atoms with Crippen LogP contribution in [0.5, 0.6) is 11.6 Å². The Morgan fingerprint density at radius 2 is 2.00 bits per heavy atom. The van der Waals surface area contributed by atoms with Crippen molar-refractivity contribution in [3.05, 3.63) is 63.4 Å². The monoisotopic (exact) mass is 559 g/mol. The third kappa shape index (κ3) is 4.94. The Morgan fingerprint density at radius 1 is 1.20 bits per heavy atom. The minimum atomic E-state index is -0.168. The third-order valence-corrected chi connectivity index (χ3v) is 6.72. The summed E-state index contributed by atoms with van der Waals surface area (Å²) in [5.74, 6) is 2.28. The van der Waals surface area contributed by atoms with Gasteiger partial charge in [0.1, 0.15) is 28.3 Å². The van der Waals surface area contributed by atoms with Gasteiger partial charge in [-0.1, -0.05) is 18.5 Å². The molecule has 0 saturated heterocycles. The van der Waals surface area contributed by atoms with Gasteiger partial charge < -0.3 is 19.9 Å². The number of anilines is 1. The van der Waals surface area contributed by atoms with Crippen molar-refractivity contribution in [2.45, 2.75) is 26.7 Å². The Morgan fingerprint density at radius 3 is 2.69 bits per heavy atom. The first-order chi connectivity index (χ1) is 16.9. The molecule has 1 atom stereocenters. The molecular weight excluding hydrogens is 534 g/mol. The molecule has 10 heteroatoms. The smallest absolute Gasteiger partial charge is 0.213 e. The second-order valence-electron chi connectivity index (χ2n) is 7.95. The van der Waals surface area contributed by atoms with Gasteiger partial charge in [-0.2, -0.15) is 0 Å². The van der Waals surface area contributed by atoms with E-state index in [0.29, 0.717) is 41.1 Å². The minimum absolute atomic E-state index is 0.168. The van der Waals surface area contributed by atoms with Crippen molar-refractivity contribution in [1.82, 2.24) is 19.4 Å². The molecule has 1 aromatic carbocycles. The Bertz CT molecular complexity index is 1340. The van der Waals surface area contributed by atoms with E-state index in [0.717, 1.165) is 39.3 Å². The van der Waals surface area contributed by atoms with E-state index in [4.69, 9.17) is 36.5 Å². The fourth-order valence-corrected chi connectivity index (χ4v) is 4.83. The molecule has 0 aliphatic heterocycles. The lowest BCUT2D eigenvalue weighted by molar-refractivity contribution is 0.144. The van der Waals surface area contributed by atoms with Crippen molar-refractivity contribution in [3.63, 3.8) is 0 Å². The number of benzene rings is 1. The lowest BCUT2D eigenvalue weighted by Gasteiger charge is -2.22. The summed E-state index contributed by atoms with van der Waals surface area (Å²) in [6, 6.07) is 5.74. The van der Waals surface area contributed by atoms with Gasteiger partial charge in [0, 0.05) is 59.4 Å². The van der Waals surface area contributed by atoms with E-state index in [1.807, 2.05) is 42.6 Å². The maximum absolute atomic E-state index is 6.76. The van der Waals surface area contributed by atoms with Crippen LogP contribution in [0, 0.1) is 6.92 Å². The first-order valence-electron chi connectivity index (χ1n) is 11.2. The van der Waals surface area contributed by atoms with Gasteiger partial charge in [0.2, 0.25) is 5.88 Å². The number of halogens is 2. The largest absolute Gasteiger partial charge is 0.493 e. The van der Waals surface area contributed by atoms with E-state index < -0.39 is 0 Å². The van der Waals surface area contributed by atoms with Gasteiger partial charge in [0.05, 0.1) is 13.2 Å². The first-order valence-corrected chi connectivity index (χ1v) is 12.4. The number of methoxy groups -OCH3 is 1. The van der Waals surface area contributed by atoms with Crippen molar-refractivity contribution < 1.29 is 14.2 Å². The van der Waals surface area contributed by atoms with E-state index in [9.17, 15) is 0 Å². The second kappa shape index (κ2) is 10.8. The lowest BCUT2D eigenvalue weighted by Crippen LogP contribution is -2.09. The predicted octanol–water partition coefficient (Wildman–Crippen LogP) is 5.67. The summed E-state index contributed by atoms with van der Waals surface area (Å²) in [5.41, 5.74) is 10.4. The molecule has 0 radical (unpaired) electrons. The highest BCUT2D eigenvalue weighted by Crippen LogP contribution is 2.44. The van der Waals surface area contributed by atoms with E-state index in [1.54, 1.807) is 19.5 Å². The molecule has 184 valence electrons. The number of hydrogen-bond donors (Lipinski definition) is 1. The molecule has 0 aliphatic carbocycles. The molecule has 0 spiro atoms. The first kappa shape index (κ1) is 25.2. The number of fused-ring (bicyclic) bond motifs is 1. The molecule has 1 unspecified atom stereocenters. The van der Waals surface area contributed by atoms with Gasteiger partial charge in [-0.3, -0.25) is 4.40 Å². The van der Waals surface area contributed by atoms with Crippen LogP contribution >= 0.6 is 27.5 Å². The maximum Gasteiger partial charge on any atom is 0.213 e. The third-order valence-electron chi connectivity index (χ3n) is 5.78. The average molecular weight is 561 g/mol. The number of nitrogens with zero attached hydrogens (tertiary/aromatic N) is 4. The second-order valence-corrected chi connectivity index (χ2v) is 9.11. The van der Waals surface area contributed by atoms with Crippen LogP contribution in [-0.2, 0) is 4.74 Å². The zero-order valence-corrected chi connectivity index (χ0v) is 22.4.